The maximum absolute atomic E-state index is 12.6. The molecule has 2 amide bonds. The number of nitrogens with zero attached hydrogens (tertiary/aromatic N) is 3. The first-order valence-corrected chi connectivity index (χ1v) is 11.1. The van der Waals surface area contributed by atoms with E-state index in [1.807, 2.05) is 9.80 Å². The molecule has 0 spiro atoms. The van der Waals surface area contributed by atoms with Crippen molar-refractivity contribution < 1.29 is 14.3 Å². The lowest BCUT2D eigenvalue weighted by molar-refractivity contribution is -0.137. The van der Waals surface area contributed by atoms with E-state index in [4.69, 9.17) is 4.74 Å². The van der Waals surface area contributed by atoms with Gasteiger partial charge in [-0.15, -0.1) is 0 Å². The molecular formula is C23H36N4O3. The Morgan fingerprint density at radius 1 is 0.867 bits per heavy atom. The Morgan fingerprint density at radius 3 is 2.03 bits per heavy atom. The Balaban J connectivity index is 1.38. The first-order chi connectivity index (χ1) is 14.4. The summed E-state index contributed by atoms with van der Waals surface area (Å²) in [7, 11) is 0. The van der Waals surface area contributed by atoms with Crippen LogP contribution in [-0.4, -0.2) is 92.1 Å². The number of amides is 2. The molecule has 1 aromatic carbocycles. The van der Waals surface area contributed by atoms with Crippen molar-refractivity contribution in [2.45, 2.75) is 32.7 Å². The van der Waals surface area contributed by atoms with E-state index in [0.717, 1.165) is 13.1 Å². The number of carbonyl (C=O) groups excluding carboxylic acids is 2. The van der Waals surface area contributed by atoms with Crippen LogP contribution in [0, 0.1) is 0 Å². The first kappa shape index (κ1) is 22.7. The molecule has 0 aliphatic carbocycles. The van der Waals surface area contributed by atoms with E-state index in [-0.39, 0.29) is 17.9 Å². The minimum absolute atomic E-state index is 0.125. The van der Waals surface area contributed by atoms with Crippen molar-refractivity contribution in [2.75, 3.05) is 65.6 Å². The highest BCUT2D eigenvalue weighted by Crippen LogP contribution is 2.18. The van der Waals surface area contributed by atoms with E-state index in [9.17, 15) is 9.59 Å². The van der Waals surface area contributed by atoms with E-state index < -0.39 is 0 Å². The monoisotopic (exact) mass is 416 g/mol. The zero-order chi connectivity index (χ0) is 21.5. The normalized spacial score (nSPS) is 19.2. The van der Waals surface area contributed by atoms with Gasteiger partial charge in [-0.05, 0) is 24.0 Å². The smallest absolute Gasteiger partial charge is 0.236 e. The number of carbonyl (C=O) groups is 2. The number of nitrogens with one attached hydrogen (secondary N) is 1. The minimum Gasteiger partial charge on any atom is -0.378 e. The topological polar surface area (TPSA) is 65.1 Å². The van der Waals surface area contributed by atoms with Gasteiger partial charge in [0, 0.05) is 45.3 Å². The van der Waals surface area contributed by atoms with Crippen LogP contribution in [0.4, 0.5) is 0 Å². The predicted molar refractivity (Wildman–Crippen MR) is 117 cm³/mol. The largest absolute Gasteiger partial charge is 0.378 e. The lowest BCUT2D eigenvalue weighted by Gasteiger charge is -2.36. The van der Waals surface area contributed by atoms with E-state index in [2.05, 4.69) is 55.3 Å². The highest BCUT2D eigenvalue weighted by atomic mass is 16.5. The first-order valence-electron chi connectivity index (χ1n) is 11.1. The van der Waals surface area contributed by atoms with Gasteiger partial charge in [0.05, 0.1) is 26.3 Å². The molecule has 0 bridgehead atoms. The molecule has 1 atom stereocenters. The van der Waals surface area contributed by atoms with Crippen LogP contribution in [0.25, 0.3) is 0 Å². The third-order valence-electron chi connectivity index (χ3n) is 6.11. The molecule has 7 heteroatoms. The quantitative estimate of drug-likeness (QED) is 0.729. The van der Waals surface area contributed by atoms with Gasteiger partial charge >= 0.3 is 0 Å². The van der Waals surface area contributed by atoms with Crippen molar-refractivity contribution in [2.24, 2.45) is 0 Å². The summed E-state index contributed by atoms with van der Waals surface area (Å²) in [5.74, 6) is 0.809. The second-order valence-corrected chi connectivity index (χ2v) is 8.57. The van der Waals surface area contributed by atoms with Crippen molar-refractivity contribution >= 4 is 11.8 Å². The summed E-state index contributed by atoms with van der Waals surface area (Å²) in [5.41, 5.74) is 2.52. The summed E-state index contributed by atoms with van der Waals surface area (Å²) >= 11 is 0. The van der Waals surface area contributed by atoms with Gasteiger partial charge in [0.25, 0.3) is 0 Å². The molecule has 30 heavy (non-hydrogen) atoms. The second-order valence-electron chi connectivity index (χ2n) is 8.57. The molecule has 2 saturated heterocycles. The fraction of sp³-hybridized carbons (Fsp3) is 0.652. The summed E-state index contributed by atoms with van der Waals surface area (Å²) in [4.78, 5) is 30.9. The van der Waals surface area contributed by atoms with Gasteiger partial charge in [0.15, 0.2) is 0 Å². The summed E-state index contributed by atoms with van der Waals surface area (Å²) in [6, 6.07) is 8.74. The van der Waals surface area contributed by atoms with E-state index in [0.29, 0.717) is 58.4 Å². The van der Waals surface area contributed by atoms with Crippen molar-refractivity contribution in [3.63, 3.8) is 0 Å². The van der Waals surface area contributed by atoms with Crippen LogP contribution in [0.15, 0.2) is 24.3 Å². The predicted octanol–water partition coefficient (Wildman–Crippen LogP) is 1.46. The fourth-order valence-corrected chi connectivity index (χ4v) is 3.90. The van der Waals surface area contributed by atoms with Crippen LogP contribution in [0.1, 0.15) is 43.9 Å². The van der Waals surface area contributed by atoms with Crippen LogP contribution >= 0.6 is 0 Å². The standard InChI is InChI=1S/C23H36N4O3/c1-18(2)20-4-6-21(7-5-20)19(3)24-16-22(28)26-10-8-25(9-11-26)17-23(29)27-12-14-30-15-13-27/h4-7,18-19,24H,8-17H2,1-3H3. The van der Waals surface area contributed by atoms with Gasteiger partial charge in [0.1, 0.15) is 0 Å². The molecule has 1 N–H and O–H groups in total. The van der Waals surface area contributed by atoms with Crippen molar-refractivity contribution in [1.29, 1.82) is 0 Å². The molecule has 2 fully saturated rings. The molecule has 166 valence electrons. The van der Waals surface area contributed by atoms with Crippen LogP contribution in [0.5, 0.6) is 0 Å². The molecule has 0 aromatic heterocycles. The number of morpholine rings is 1. The Labute approximate surface area is 180 Å². The Kier molecular flexibility index (Phi) is 8.24. The average Bonchev–Trinajstić information content (AvgIpc) is 2.78. The number of hydrogen-bond acceptors (Lipinski definition) is 5. The molecule has 3 rings (SSSR count). The van der Waals surface area contributed by atoms with Crippen LogP contribution in [-0.2, 0) is 14.3 Å². The van der Waals surface area contributed by atoms with Crippen molar-refractivity contribution in [1.82, 2.24) is 20.0 Å². The highest BCUT2D eigenvalue weighted by Gasteiger charge is 2.25. The number of ether oxygens (including phenoxy) is 1. The molecule has 2 aliphatic rings. The lowest BCUT2D eigenvalue weighted by atomic mass is 9.99. The van der Waals surface area contributed by atoms with Crippen LogP contribution in [0.3, 0.4) is 0 Å². The van der Waals surface area contributed by atoms with E-state index in [1.165, 1.54) is 11.1 Å². The number of rotatable bonds is 7. The molecule has 7 nitrogen and oxygen atoms in total. The Hall–Kier alpha value is -1.96. The van der Waals surface area contributed by atoms with Crippen molar-refractivity contribution in [3.05, 3.63) is 35.4 Å². The Morgan fingerprint density at radius 2 is 1.43 bits per heavy atom. The molecule has 2 aliphatic heterocycles. The maximum Gasteiger partial charge on any atom is 0.236 e. The summed E-state index contributed by atoms with van der Waals surface area (Å²) in [5, 5.41) is 3.35. The average molecular weight is 417 g/mol. The van der Waals surface area contributed by atoms with Gasteiger partial charge < -0.3 is 19.9 Å². The third kappa shape index (κ3) is 6.27. The lowest BCUT2D eigenvalue weighted by Crippen LogP contribution is -2.53. The number of piperazine rings is 1. The minimum atomic E-state index is 0.125. The molecule has 0 saturated carbocycles. The second kappa shape index (κ2) is 10.9. The van der Waals surface area contributed by atoms with Gasteiger partial charge in [-0.3, -0.25) is 14.5 Å². The van der Waals surface area contributed by atoms with Gasteiger partial charge in [0.2, 0.25) is 11.8 Å². The summed E-state index contributed by atoms with van der Waals surface area (Å²) < 4.78 is 5.31. The Bertz CT molecular complexity index is 693. The summed E-state index contributed by atoms with van der Waals surface area (Å²) in [6.45, 7) is 12.7. The molecule has 2 heterocycles. The SMILES string of the molecule is CC(C)c1ccc(C(C)NCC(=O)N2CCN(CC(=O)N3CCOCC3)CC2)cc1. The highest BCUT2D eigenvalue weighted by molar-refractivity contribution is 5.79. The van der Waals surface area contributed by atoms with Gasteiger partial charge in [-0.1, -0.05) is 38.1 Å². The summed E-state index contributed by atoms with van der Waals surface area (Å²) in [6.07, 6.45) is 0. The van der Waals surface area contributed by atoms with E-state index in [1.54, 1.807) is 0 Å². The molecule has 1 unspecified atom stereocenters. The number of hydrogen-bond donors (Lipinski definition) is 1. The van der Waals surface area contributed by atoms with Crippen molar-refractivity contribution in [3.8, 4) is 0 Å². The van der Waals surface area contributed by atoms with Crippen LogP contribution in [0.2, 0.25) is 0 Å². The zero-order valence-electron chi connectivity index (χ0n) is 18.6. The van der Waals surface area contributed by atoms with Gasteiger partial charge in [-0.25, -0.2) is 0 Å². The molecular weight excluding hydrogens is 380 g/mol. The zero-order valence-corrected chi connectivity index (χ0v) is 18.6. The molecule has 1 aromatic rings. The van der Waals surface area contributed by atoms with Crippen LogP contribution < -0.4 is 5.32 Å². The third-order valence-corrected chi connectivity index (χ3v) is 6.11. The number of benzene rings is 1. The fourth-order valence-electron chi connectivity index (χ4n) is 3.90. The van der Waals surface area contributed by atoms with Gasteiger partial charge in [-0.2, -0.15) is 0 Å². The maximum atomic E-state index is 12.6. The molecule has 0 radical (unpaired) electrons. The van der Waals surface area contributed by atoms with E-state index >= 15 is 0 Å².